The molecule has 1 aromatic heterocycles. The number of hydrogen-bond donors (Lipinski definition) is 2. The zero-order chi connectivity index (χ0) is 16.8. The molecular formula is C15H16ClN5O3. The van der Waals surface area contributed by atoms with Crippen LogP contribution >= 0.6 is 11.6 Å². The van der Waals surface area contributed by atoms with E-state index >= 15 is 0 Å². The van der Waals surface area contributed by atoms with Crippen LogP contribution in [0, 0.1) is 5.92 Å². The number of rotatable bonds is 6. The van der Waals surface area contributed by atoms with E-state index in [4.69, 9.17) is 16.5 Å². The number of hydrogen-bond acceptors (Lipinski definition) is 7. The summed E-state index contributed by atoms with van der Waals surface area (Å²) in [4.78, 5) is 17.0. The van der Waals surface area contributed by atoms with Crippen LogP contribution in [0.2, 0.25) is 5.02 Å². The Morgan fingerprint density at radius 1 is 1.38 bits per heavy atom. The van der Waals surface area contributed by atoms with Gasteiger partial charge in [-0.25, -0.2) is 4.63 Å². The molecule has 2 N–H and O–H groups in total. The van der Waals surface area contributed by atoms with Gasteiger partial charge in [0.2, 0.25) is 11.7 Å². The molecule has 1 aliphatic carbocycles. The average molecular weight is 350 g/mol. The van der Waals surface area contributed by atoms with Crippen molar-refractivity contribution in [3.05, 3.63) is 35.0 Å². The van der Waals surface area contributed by atoms with Crippen LogP contribution in [-0.2, 0) is 9.73 Å². The van der Waals surface area contributed by atoms with E-state index in [1.807, 2.05) is 0 Å². The van der Waals surface area contributed by atoms with Gasteiger partial charge >= 0.3 is 0 Å². The van der Waals surface area contributed by atoms with Crippen LogP contribution in [0.25, 0.3) is 0 Å². The average Bonchev–Trinajstić information content (AvgIpc) is 3.24. The Labute approximate surface area is 143 Å². The molecule has 1 amide bonds. The minimum atomic E-state index is -0.0733. The van der Waals surface area contributed by atoms with Crippen LogP contribution in [0.15, 0.2) is 34.1 Å². The largest absolute Gasteiger partial charge is 0.306 e. The molecule has 0 bridgehead atoms. The van der Waals surface area contributed by atoms with E-state index in [1.54, 1.807) is 24.3 Å². The first-order chi connectivity index (χ1) is 11.7. The fraction of sp³-hybridized carbons (Fsp3) is 0.333. The van der Waals surface area contributed by atoms with Crippen molar-refractivity contribution in [2.24, 2.45) is 11.1 Å². The van der Waals surface area contributed by atoms with E-state index < -0.39 is 0 Å². The lowest BCUT2D eigenvalue weighted by molar-refractivity contribution is -0.119. The lowest BCUT2D eigenvalue weighted by Crippen LogP contribution is -2.21. The first-order valence-electron chi connectivity index (χ1n) is 7.57. The maximum atomic E-state index is 12.1. The van der Waals surface area contributed by atoms with Crippen molar-refractivity contribution in [1.29, 1.82) is 0 Å². The molecule has 0 aliphatic heterocycles. The molecule has 0 atom stereocenters. The maximum absolute atomic E-state index is 12.1. The first kappa shape index (κ1) is 16.3. The number of aromatic nitrogens is 2. The summed E-state index contributed by atoms with van der Waals surface area (Å²) in [6.45, 7) is 0. The highest BCUT2D eigenvalue weighted by Crippen LogP contribution is 2.26. The van der Waals surface area contributed by atoms with Crippen LogP contribution in [0.4, 0.5) is 11.5 Å². The molecule has 24 heavy (non-hydrogen) atoms. The molecular weight excluding hydrogens is 334 g/mol. The third-order valence-electron chi connectivity index (χ3n) is 3.70. The molecule has 1 heterocycles. The van der Waals surface area contributed by atoms with Crippen LogP contribution in [0.3, 0.4) is 0 Å². The molecule has 2 aromatic rings. The Morgan fingerprint density at radius 2 is 2.21 bits per heavy atom. The topological polar surface area (TPSA) is 102 Å². The Kier molecular flexibility index (Phi) is 5.27. The molecule has 0 radical (unpaired) electrons. The molecule has 1 saturated carbocycles. The molecule has 9 heteroatoms. The lowest BCUT2D eigenvalue weighted by Gasteiger charge is -2.07. The minimum Gasteiger partial charge on any atom is -0.306 e. The predicted octanol–water partition coefficient (Wildman–Crippen LogP) is 3.23. The summed E-state index contributed by atoms with van der Waals surface area (Å²) in [5.74, 6) is 0.171. The SMILES string of the molecule is O=C(Nc1nonc1/C=N/ONc1cccc(Cl)c1)C1CCCC1. The molecule has 0 spiro atoms. The molecule has 8 nitrogen and oxygen atoms in total. The number of benzene rings is 1. The predicted molar refractivity (Wildman–Crippen MR) is 88.6 cm³/mol. The highest BCUT2D eigenvalue weighted by molar-refractivity contribution is 6.30. The van der Waals surface area contributed by atoms with Gasteiger partial charge in [0.15, 0.2) is 5.69 Å². The van der Waals surface area contributed by atoms with E-state index in [0.29, 0.717) is 10.7 Å². The highest BCUT2D eigenvalue weighted by Gasteiger charge is 2.24. The summed E-state index contributed by atoms with van der Waals surface area (Å²) < 4.78 is 4.64. The number of anilines is 2. The Hall–Kier alpha value is -2.61. The third kappa shape index (κ3) is 4.23. The number of carbonyl (C=O) groups excluding carboxylic acids is 1. The molecule has 1 aromatic carbocycles. The van der Waals surface area contributed by atoms with Crippen molar-refractivity contribution in [3.8, 4) is 0 Å². The van der Waals surface area contributed by atoms with Gasteiger partial charge in [-0.2, -0.15) is 5.48 Å². The Bertz CT molecular complexity index is 727. The number of nitrogens with zero attached hydrogens (tertiary/aromatic N) is 3. The minimum absolute atomic E-state index is 0.0206. The summed E-state index contributed by atoms with van der Waals surface area (Å²) in [5.41, 5.74) is 3.52. The number of halogens is 1. The summed E-state index contributed by atoms with van der Waals surface area (Å²) in [6.07, 6.45) is 5.23. The van der Waals surface area contributed by atoms with Gasteiger partial charge in [-0.3, -0.25) is 9.73 Å². The van der Waals surface area contributed by atoms with Crippen molar-refractivity contribution in [1.82, 2.24) is 10.3 Å². The third-order valence-corrected chi connectivity index (χ3v) is 3.93. The summed E-state index contributed by atoms with van der Waals surface area (Å²) in [7, 11) is 0. The van der Waals surface area contributed by atoms with E-state index in [1.165, 1.54) is 6.21 Å². The molecule has 3 rings (SSSR count). The highest BCUT2D eigenvalue weighted by atomic mass is 35.5. The van der Waals surface area contributed by atoms with Crippen molar-refractivity contribution >= 4 is 35.2 Å². The van der Waals surface area contributed by atoms with E-state index in [0.717, 1.165) is 25.7 Å². The maximum Gasteiger partial charge on any atom is 0.228 e. The van der Waals surface area contributed by atoms with Gasteiger partial charge in [-0.15, -0.1) is 0 Å². The Morgan fingerprint density at radius 3 is 3.00 bits per heavy atom. The van der Waals surface area contributed by atoms with E-state index in [9.17, 15) is 4.79 Å². The molecule has 1 aliphatic rings. The molecule has 0 unspecified atom stereocenters. The van der Waals surface area contributed by atoms with Crippen LogP contribution in [-0.4, -0.2) is 22.4 Å². The summed E-state index contributed by atoms with van der Waals surface area (Å²) in [5, 5.41) is 14.3. The fourth-order valence-corrected chi connectivity index (χ4v) is 2.67. The second-order valence-corrected chi connectivity index (χ2v) is 5.84. The summed E-state index contributed by atoms with van der Waals surface area (Å²) in [6, 6.07) is 6.97. The standard InChI is InChI=1S/C15H16ClN5O3/c16-11-6-3-7-12(8-11)19-23-17-9-13-14(21-24-20-13)18-15(22)10-4-1-2-5-10/h3,6-10,19H,1-2,4-5H2,(H,18,21,22)/b17-9+. The zero-order valence-electron chi connectivity index (χ0n) is 12.7. The van der Waals surface area contributed by atoms with Crippen LogP contribution in [0.5, 0.6) is 0 Å². The number of carbonyl (C=O) groups is 1. The van der Waals surface area contributed by atoms with Gasteiger partial charge in [0.1, 0.15) is 6.21 Å². The Balaban J connectivity index is 1.53. The molecule has 0 saturated heterocycles. The van der Waals surface area contributed by atoms with Crippen LogP contribution in [0.1, 0.15) is 31.4 Å². The van der Waals surface area contributed by atoms with Gasteiger partial charge in [-0.1, -0.05) is 35.7 Å². The van der Waals surface area contributed by atoms with E-state index in [-0.39, 0.29) is 23.3 Å². The second kappa shape index (κ2) is 7.78. The fourth-order valence-electron chi connectivity index (χ4n) is 2.48. The monoisotopic (exact) mass is 349 g/mol. The smallest absolute Gasteiger partial charge is 0.228 e. The van der Waals surface area contributed by atoms with Crippen LogP contribution < -0.4 is 10.8 Å². The quantitative estimate of drug-likeness (QED) is 0.613. The van der Waals surface area contributed by atoms with Gasteiger partial charge < -0.3 is 5.32 Å². The second-order valence-electron chi connectivity index (χ2n) is 5.41. The zero-order valence-corrected chi connectivity index (χ0v) is 13.5. The molecule has 126 valence electrons. The van der Waals surface area contributed by atoms with E-state index in [2.05, 4.69) is 30.9 Å². The van der Waals surface area contributed by atoms with Crippen molar-refractivity contribution < 1.29 is 14.4 Å². The lowest BCUT2D eigenvalue weighted by atomic mass is 10.1. The number of amides is 1. The van der Waals surface area contributed by atoms with Crippen molar-refractivity contribution in [2.75, 3.05) is 10.8 Å². The van der Waals surface area contributed by atoms with Gasteiger partial charge in [-0.05, 0) is 41.4 Å². The number of nitrogens with one attached hydrogen (secondary N) is 2. The number of oxime groups is 1. The van der Waals surface area contributed by atoms with Crippen molar-refractivity contribution in [3.63, 3.8) is 0 Å². The van der Waals surface area contributed by atoms with Crippen molar-refractivity contribution in [2.45, 2.75) is 25.7 Å². The first-order valence-corrected chi connectivity index (χ1v) is 7.94. The molecule has 1 fully saturated rings. The van der Waals surface area contributed by atoms with Gasteiger partial charge in [0, 0.05) is 10.9 Å². The normalized spacial score (nSPS) is 14.9. The summed E-state index contributed by atoms with van der Waals surface area (Å²) >= 11 is 5.86. The van der Waals surface area contributed by atoms with Gasteiger partial charge in [0.25, 0.3) is 0 Å². The van der Waals surface area contributed by atoms with Gasteiger partial charge in [0.05, 0.1) is 5.69 Å².